The van der Waals surface area contributed by atoms with Gasteiger partial charge in [-0.2, -0.15) is 0 Å². The van der Waals surface area contributed by atoms with Crippen LogP contribution in [-0.2, 0) is 33.3 Å². The Hall–Kier alpha value is -4.54. The van der Waals surface area contributed by atoms with Gasteiger partial charge < -0.3 is 29.1 Å². The molecule has 0 radical (unpaired) electrons. The summed E-state index contributed by atoms with van der Waals surface area (Å²) in [5, 5.41) is 14.7. The van der Waals surface area contributed by atoms with Crippen LogP contribution in [0.4, 0.5) is 5.95 Å². The zero-order chi connectivity index (χ0) is 25.3. The van der Waals surface area contributed by atoms with Gasteiger partial charge in [-0.3, -0.25) is 19.0 Å². The molecule has 17 heteroatoms. The van der Waals surface area contributed by atoms with Gasteiger partial charge in [-0.15, -0.1) is 4.68 Å². The Labute approximate surface area is 195 Å². The predicted molar refractivity (Wildman–Crippen MR) is 109 cm³/mol. The van der Waals surface area contributed by atoms with Crippen molar-refractivity contribution in [2.24, 2.45) is 0 Å². The van der Waals surface area contributed by atoms with Crippen molar-refractivity contribution < 1.29 is 38.3 Å². The lowest BCUT2D eigenvalue weighted by atomic mass is 10.1. The van der Waals surface area contributed by atoms with Gasteiger partial charge in [0.25, 0.3) is 0 Å². The number of ether oxygens (including phenoxy) is 4. The molecule has 0 saturated carbocycles. The highest BCUT2D eigenvalue weighted by Crippen LogP contribution is 2.36. The van der Waals surface area contributed by atoms with Crippen molar-refractivity contribution in [1.82, 2.24) is 34.3 Å². The molecule has 35 heavy (non-hydrogen) atoms. The number of hydrogen-bond donors (Lipinski definition) is 0. The molecule has 0 unspecified atom stereocenters. The Morgan fingerprint density at radius 3 is 2.37 bits per heavy atom. The number of imidazole rings is 1. The van der Waals surface area contributed by atoms with E-state index in [0.717, 1.165) is 11.0 Å². The largest absolute Gasteiger partial charge is 0.491 e. The van der Waals surface area contributed by atoms with Crippen LogP contribution >= 0.6 is 0 Å². The van der Waals surface area contributed by atoms with Crippen LogP contribution in [0.5, 0.6) is 0 Å². The Morgan fingerprint density at radius 1 is 1.03 bits per heavy atom. The van der Waals surface area contributed by atoms with Crippen LogP contribution < -0.4 is 0 Å². The summed E-state index contributed by atoms with van der Waals surface area (Å²) in [5.74, 6) is -2.48. The lowest BCUT2D eigenvalue weighted by Gasteiger charge is -2.23. The molecule has 4 atom stereocenters. The molecule has 184 valence electrons. The van der Waals surface area contributed by atoms with Crippen molar-refractivity contribution in [2.45, 2.75) is 45.3 Å². The van der Waals surface area contributed by atoms with Crippen molar-refractivity contribution in [3.05, 3.63) is 29.1 Å². The van der Waals surface area contributed by atoms with Gasteiger partial charge in [-0.25, -0.2) is 15.0 Å². The van der Waals surface area contributed by atoms with Gasteiger partial charge in [-0.1, -0.05) is 4.98 Å². The maximum Gasteiger partial charge on any atom is 0.491 e. The second-order valence-electron chi connectivity index (χ2n) is 7.28. The molecule has 3 aromatic rings. The molecular weight excluding hydrogens is 472 g/mol. The summed E-state index contributed by atoms with van der Waals surface area (Å²) in [4.78, 5) is 61.2. The maximum atomic E-state index is 11.9. The van der Waals surface area contributed by atoms with E-state index < -0.39 is 53.3 Å². The predicted octanol–water partition coefficient (Wildman–Crippen LogP) is -0.361. The van der Waals surface area contributed by atoms with Gasteiger partial charge in [-0.05, 0) is 4.92 Å². The topological polar surface area (TPSA) is 206 Å². The van der Waals surface area contributed by atoms with E-state index in [2.05, 4.69) is 25.0 Å². The number of carbonyl (C=O) groups excluding carboxylic acids is 3. The first-order valence-electron chi connectivity index (χ1n) is 10.0. The van der Waals surface area contributed by atoms with Gasteiger partial charge in [0.1, 0.15) is 19.0 Å². The molecule has 0 aliphatic carbocycles. The summed E-state index contributed by atoms with van der Waals surface area (Å²) in [5.41, 5.74) is 0.356. The maximum absolute atomic E-state index is 11.9. The minimum Gasteiger partial charge on any atom is -0.463 e. The third kappa shape index (κ3) is 4.74. The van der Waals surface area contributed by atoms with Crippen molar-refractivity contribution >= 4 is 35.0 Å². The van der Waals surface area contributed by atoms with E-state index >= 15 is 0 Å². The monoisotopic (exact) mass is 490 g/mol. The quantitative estimate of drug-likeness (QED) is 0.179. The Balaban J connectivity index is 1.75. The molecule has 0 aromatic carbocycles. The van der Waals surface area contributed by atoms with Gasteiger partial charge >= 0.3 is 23.9 Å². The number of esters is 3. The fraction of sp³-hybridized carbons (Fsp3) is 0.444. The highest BCUT2D eigenvalue weighted by Gasteiger charge is 2.51. The summed E-state index contributed by atoms with van der Waals surface area (Å²) < 4.78 is 24.2. The van der Waals surface area contributed by atoms with E-state index in [0.29, 0.717) is 0 Å². The van der Waals surface area contributed by atoms with Crippen LogP contribution in [0.15, 0.2) is 19.0 Å². The molecule has 1 aliphatic rings. The van der Waals surface area contributed by atoms with Gasteiger partial charge in [0.15, 0.2) is 29.6 Å². The minimum absolute atomic E-state index is 0.0874. The van der Waals surface area contributed by atoms with E-state index in [-0.39, 0.29) is 23.6 Å². The summed E-state index contributed by atoms with van der Waals surface area (Å²) in [6.45, 7) is 3.26. The van der Waals surface area contributed by atoms with Crippen molar-refractivity contribution in [1.29, 1.82) is 0 Å². The smallest absolute Gasteiger partial charge is 0.463 e. The molecule has 1 aliphatic heterocycles. The second kappa shape index (κ2) is 9.37. The average Bonchev–Trinajstić information content (AvgIpc) is 3.50. The fourth-order valence-electron chi connectivity index (χ4n) is 3.55. The van der Waals surface area contributed by atoms with Crippen molar-refractivity contribution in [3.8, 4) is 5.82 Å². The SMILES string of the molecule is CC(=O)OC[C@H]1O[C@@H](n2cnc3c(-n4cnc([N+](=O)[O-])n4)ncnc32)[C@H](OC(C)=O)[C@@H]1OC(C)=O. The number of carbonyl (C=O) groups is 3. The third-order valence-electron chi connectivity index (χ3n) is 4.81. The summed E-state index contributed by atoms with van der Waals surface area (Å²) in [6.07, 6.45) is -0.764. The number of fused-ring (bicyclic) bond motifs is 1. The number of aromatic nitrogens is 7. The first kappa shape index (κ1) is 23.6. The molecule has 1 saturated heterocycles. The molecule has 3 aromatic heterocycles. The molecule has 0 spiro atoms. The van der Waals surface area contributed by atoms with Crippen LogP contribution in [-0.4, -0.2) is 82.0 Å². The third-order valence-corrected chi connectivity index (χ3v) is 4.81. The van der Waals surface area contributed by atoms with Crippen molar-refractivity contribution in [3.63, 3.8) is 0 Å². The van der Waals surface area contributed by atoms with Gasteiger partial charge in [0.2, 0.25) is 12.1 Å². The first-order chi connectivity index (χ1) is 16.7. The second-order valence-corrected chi connectivity index (χ2v) is 7.28. The molecule has 0 amide bonds. The summed E-state index contributed by atoms with van der Waals surface area (Å²) in [7, 11) is 0. The number of rotatable bonds is 7. The Kier molecular flexibility index (Phi) is 6.32. The first-order valence-corrected chi connectivity index (χ1v) is 10.0. The fourth-order valence-corrected chi connectivity index (χ4v) is 3.55. The lowest BCUT2D eigenvalue weighted by Crippen LogP contribution is -2.40. The van der Waals surface area contributed by atoms with Crippen LogP contribution in [0, 0.1) is 10.1 Å². The lowest BCUT2D eigenvalue weighted by molar-refractivity contribution is -0.394. The number of nitro groups is 1. The zero-order valence-electron chi connectivity index (χ0n) is 18.5. The average molecular weight is 490 g/mol. The Morgan fingerprint density at radius 2 is 1.74 bits per heavy atom. The normalized spacial score (nSPS) is 21.6. The molecule has 1 fully saturated rings. The zero-order valence-corrected chi connectivity index (χ0v) is 18.5. The molecule has 4 rings (SSSR count). The molecule has 17 nitrogen and oxygen atoms in total. The molecule has 0 bridgehead atoms. The standard InChI is InChI=1S/C18H18N8O9/c1-8(27)32-4-11-13(33-9(2)28)14(34-10(3)29)17(35-11)24-6-21-12-15(24)19-5-20-16(12)25-7-22-18(23-25)26(30)31/h5-7,11,13-14,17H,4H2,1-3H3/t11-,13-,14-,17-/m1/s1. The van der Waals surface area contributed by atoms with E-state index in [4.69, 9.17) is 18.9 Å². The van der Waals surface area contributed by atoms with Crippen LogP contribution in [0.3, 0.4) is 0 Å². The van der Waals surface area contributed by atoms with E-state index in [1.165, 1.54) is 38.0 Å². The molecule has 0 N–H and O–H groups in total. The van der Waals surface area contributed by atoms with Gasteiger partial charge in [0.05, 0.1) is 6.33 Å². The van der Waals surface area contributed by atoms with Crippen LogP contribution in [0.25, 0.3) is 17.0 Å². The number of hydrogen-bond acceptors (Lipinski definition) is 14. The summed E-state index contributed by atoms with van der Waals surface area (Å²) in [6, 6.07) is 0. The molecular formula is C18H18N8O9. The summed E-state index contributed by atoms with van der Waals surface area (Å²) >= 11 is 0. The van der Waals surface area contributed by atoms with Crippen molar-refractivity contribution in [2.75, 3.05) is 6.61 Å². The molecule has 4 heterocycles. The minimum atomic E-state index is -1.15. The number of nitrogens with zero attached hydrogens (tertiary/aromatic N) is 8. The highest BCUT2D eigenvalue weighted by molar-refractivity contribution is 5.78. The van der Waals surface area contributed by atoms with E-state index in [1.807, 2.05) is 0 Å². The van der Waals surface area contributed by atoms with E-state index in [9.17, 15) is 24.5 Å². The van der Waals surface area contributed by atoms with E-state index in [1.54, 1.807) is 0 Å². The van der Waals surface area contributed by atoms with Gasteiger partial charge in [0, 0.05) is 25.9 Å². The van der Waals surface area contributed by atoms with Crippen LogP contribution in [0.2, 0.25) is 0 Å². The highest BCUT2D eigenvalue weighted by atomic mass is 16.7. The Bertz CT molecular complexity index is 1300. The van der Waals surface area contributed by atoms with Crippen LogP contribution in [0.1, 0.15) is 27.0 Å².